The van der Waals surface area contributed by atoms with Crippen LogP contribution < -0.4 is 0 Å². The number of sulfonamides is 1. The zero-order chi connectivity index (χ0) is 17.2. The average Bonchev–Trinajstić information content (AvgIpc) is 2.96. The Balaban J connectivity index is 2.22. The summed E-state index contributed by atoms with van der Waals surface area (Å²) in [6.45, 7) is 0.419. The third kappa shape index (κ3) is 3.88. The Morgan fingerprint density at radius 1 is 1.48 bits per heavy atom. The summed E-state index contributed by atoms with van der Waals surface area (Å²) >= 11 is 1.59. The Morgan fingerprint density at radius 2 is 2.17 bits per heavy atom. The number of thioether (sulfide) groups is 1. The van der Waals surface area contributed by atoms with Crippen molar-refractivity contribution in [1.82, 2.24) is 9.21 Å². The van der Waals surface area contributed by atoms with Gasteiger partial charge < -0.3 is 14.4 Å². The van der Waals surface area contributed by atoms with E-state index >= 15 is 0 Å². The maximum Gasteiger partial charge on any atom is 0.305 e. The fourth-order valence-corrected chi connectivity index (χ4v) is 4.07. The second-order valence-electron chi connectivity index (χ2n) is 5.27. The number of amides is 1. The molecule has 1 aliphatic heterocycles. The third-order valence-electron chi connectivity index (χ3n) is 3.46. The normalized spacial score (nSPS) is 19.1. The Hall–Kier alpha value is -1.52. The van der Waals surface area contributed by atoms with Crippen LogP contribution >= 0.6 is 11.8 Å². The first-order valence-corrected chi connectivity index (χ1v) is 9.44. The van der Waals surface area contributed by atoms with E-state index in [4.69, 9.17) is 9.52 Å². The van der Waals surface area contributed by atoms with Gasteiger partial charge in [-0.15, -0.1) is 0 Å². The number of hydrogen-bond acceptors (Lipinski definition) is 6. The molecule has 1 unspecified atom stereocenters. The largest absolute Gasteiger partial charge is 0.481 e. The van der Waals surface area contributed by atoms with Crippen molar-refractivity contribution in [2.45, 2.75) is 17.6 Å². The minimum atomic E-state index is -3.76. The highest BCUT2D eigenvalue weighted by Gasteiger charge is 2.31. The van der Waals surface area contributed by atoms with Gasteiger partial charge in [-0.05, 0) is 0 Å². The fraction of sp³-hybridized carbons (Fsp3) is 0.538. The monoisotopic (exact) mass is 362 g/mol. The van der Waals surface area contributed by atoms with Gasteiger partial charge in [0.15, 0.2) is 0 Å². The molecule has 1 aliphatic rings. The van der Waals surface area contributed by atoms with E-state index in [0.29, 0.717) is 18.1 Å². The summed E-state index contributed by atoms with van der Waals surface area (Å²) in [7, 11) is -1.02. The molecule has 1 fully saturated rings. The Bertz CT molecular complexity index is 697. The molecule has 0 bridgehead atoms. The van der Waals surface area contributed by atoms with Gasteiger partial charge in [-0.2, -0.15) is 11.8 Å². The number of carboxylic acids is 1. The molecule has 0 radical (unpaired) electrons. The van der Waals surface area contributed by atoms with Gasteiger partial charge >= 0.3 is 5.97 Å². The topological polar surface area (TPSA) is 108 Å². The van der Waals surface area contributed by atoms with Crippen molar-refractivity contribution in [2.75, 3.05) is 32.1 Å². The molecular weight excluding hydrogens is 344 g/mol. The van der Waals surface area contributed by atoms with Gasteiger partial charge in [0.25, 0.3) is 15.9 Å². The van der Waals surface area contributed by atoms with Crippen LogP contribution in [0.5, 0.6) is 0 Å². The molecule has 0 aromatic carbocycles. The zero-order valence-corrected chi connectivity index (χ0v) is 14.4. The van der Waals surface area contributed by atoms with E-state index in [2.05, 4.69) is 0 Å². The SMILES string of the molecule is CN(C)S(=O)(=O)c1cc(C(=O)N2CCSCC2CC(=O)O)co1. The van der Waals surface area contributed by atoms with Crippen LogP contribution in [0.2, 0.25) is 0 Å². The summed E-state index contributed by atoms with van der Waals surface area (Å²) in [6, 6.07) is 0.764. The van der Waals surface area contributed by atoms with E-state index in [-0.39, 0.29) is 17.1 Å². The van der Waals surface area contributed by atoms with Crippen molar-refractivity contribution in [3.63, 3.8) is 0 Å². The van der Waals surface area contributed by atoms with E-state index in [0.717, 1.165) is 10.6 Å². The quantitative estimate of drug-likeness (QED) is 0.815. The zero-order valence-electron chi connectivity index (χ0n) is 12.8. The molecule has 10 heteroatoms. The number of aliphatic carboxylic acids is 1. The van der Waals surface area contributed by atoms with Crippen molar-refractivity contribution >= 4 is 33.7 Å². The van der Waals surface area contributed by atoms with Gasteiger partial charge in [0, 0.05) is 38.2 Å². The smallest absolute Gasteiger partial charge is 0.305 e. The maximum absolute atomic E-state index is 12.6. The molecule has 23 heavy (non-hydrogen) atoms. The number of carbonyl (C=O) groups is 2. The van der Waals surface area contributed by atoms with Gasteiger partial charge in [0.2, 0.25) is 5.09 Å². The van der Waals surface area contributed by atoms with Crippen molar-refractivity contribution in [1.29, 1.82) is 0 Å². The van der Waals surface area contributed by atoms with Crippen molar-refractivity contribution in [3.05, 3.63) is 17.9 Å². The minimum absolute atomic E-state index is 0.104. The second kappa shape index (κ2) is 6.93. The van der Waals surface area contributed by atoms with Gasteiger partial charge in [-0.1, -0.05) is 0 Å². The molecule has 1 aromatic rings. The summed E-state index contributed by atoms with van der Waals surface area (Å²) in [6.07, 6.45) is 0.956. The number of rotatable bonds is 5. The molecule has 1 N–H and O–H groups in total. The molecule has 1 amide bonds. The van der Waals surface area contributed by atoms with E-state index in [1.165, 1.54) is 25.1 Å². The van der Waals surface area contributed by atoms with Crippen molar-refractivity contribution in [2.24, 2.45) is 0 Å². The summed E-state index contributed by atoms with van der Waals surface area (Å²) in [4.78, 5) is 25.0. The summed E-state index contributed by atoms with van der Waals surface area (Å²) in [5.41, 5.74) is 0.104. The minimum Gasteiger partial charge on any atom is -0.481 e. The number of carbonyl (C=O) groups excluding carboxylic acids is 1. The first-order valence-electron chi connectivity index (χ1n) is 6.85. The summed E-state index contributed by atoms with van der Waals surface area (Å²) in [5, 5.41) is 8.64. The van der Waals surface area contributed by atoms with Crippen LogP contribution in [0.4, 0.5) is 0 Å². The molecule has 1 saturated heterocycles. The highest BCUT2D eigenvalue weighted by molar-refractivity contribution is 7.99. The lowest BCUT2D eigenvalue weighted by Crippen LogP contribution is -2.47. The van der Waals surface area contributed by atoms with Crippen LogP contribution in [0.25, 0.3) is 0 Å². The van der Waals surface area contributed by atoms with Crippen LogP contribution in [-0.2, 0) is 14.8 Å². The average molecular weight is 362 g/mol. The molecule has 0 aliphatic carbocycles. The highest BCUT2D eigenvalue weighted by Crippen LogP contribution is 2.23. The van der Waals surface area contributed by atoms with Gasteiger partial charge in [-0.25, -0.2) is 12.7 Å². The second-order valence-corrected chi connectivity index (χ2v) is 8.50. The van der Waals surface area contributed by atoms with Crippen molar-refractivity contribution < 1.29 is 27.5 Å². The molecule has 0 spiro atoms. The number of hydrogen-bond donors (Lipinski definition) is 1. The molecule has 2 rings (SSSR count). The lowest BCUT2D eigenvalue weighted by atomic mass is 10.1. The van der Waals surface area contributed by atoms with E-state index in [1.54, 1.807) is 11.8 Å². The maximum atomic E-state index is 12.6. The van der Waals surface area contributed by atoms with Crippen LogP contribution in [0, 0.1) is 0 Å². The lowest BCUT2D eigenvalue weighted by molar-refractivity contribution is -0.138. The van der Waals surface area contributed by atoms with Crippen LogP contribution in [0.1, 0.15) is 16.8 Å². The summed E-state index contributed by atoms with van der Waals surface area (Å²) < 4.78 is 30.0. The number of furan rings is 1. The molecule has 1 aromatic heterocycles. The van der Waals surface area contributed by atoms with Gasteiger partial charge in [0.1, 0.15) is 6.26 Å². The van der Waals surface area contributed by atoms with Crippen LogP contribution in [0.15, 0.2) is 21.8 Å². The molecule has 8 nitrogen and oxygen atoms in total. The highest BCUT2D eigenvalue weighted by atomic mass is 32.2. The standard InChI is InChI=1S/C13H18N2O6S2/c1-14(2)23(19,20)12-5-9(7-21-12)13(18)15-3-4-22-8-10(15)6-11(16)17/h5,7,10H,3-4,6,8H2,1-2H3,(H,16,17). The molecule has 0 saturated carbocycles. The molecule has 1 atom stereocenters. The van der Waals surface area contributed by atoms with E-state index < -0.39 is 27.9 Å². The van der Waals surface area contributed by atoms with E-state index in [9.17, 15) is 18.0 Å². The third-order valence-corrected chi connectivity index (χ3v) is 6.23. The Morgan fingerprint density at radius 3 is 2.78 bits per heavy atom. The van der Waals surface area contributed by atoms with Crippen LogP contribution in [0.3, 0.4) is 0 Å². The molecule has 2 heterocycles. The van der Waals surface area contributed by atoms with Crippen molar-refractivity contribution in [3.8, 4) is 0 Å². The number of carboxylic acid groups (broad SMARTS) is 1. The fourth-order valence-electron chi connectivity index (χ4n) is 2.20. The predicted molar refractivity (Wildman–Crippen MR) is 84.0 cm³/mol. The first-order chi connectivity index (χ1) is 10.7. The Kier molecular flexibility index (Phi) is 5.37. The molecule has 128 valence electrons. The molecular formula is C13H18N2O6S2. The van der Waals surface area contributed by atoms with Crippen LogP contribution in [-0.4, -0.2) is 72.8 Å². The Labute approximate surface area is 138 Å². The predicted octanol–water partition coefficient (Wildman–Crippen LogP) is 0.562. The lowest BCUT2D eigenvalue weighted by Gasteiger charge is -2.34. The van der Waals surface area contributed by atoms with Gasteiger partial charge in [0.05, 0.1) is 18.0 Å². The number of nitrogens with zero attached hydrogens (tertiary/aromatic N) is 2. The van der Waals surface area contributed by atoms with E-state index in [1.807, 2.05) is 0 Å². The first kappa shape index (κ1) is 17.8. The van der Waals surface area contributed by atoms with Gasteiger partial charge in [-0.3, -0.25) is 9.59 Å². The summed E-state index contributed by atoms with van der Waals surface area (Å²) in [5.74, 6) is -0.139.